The monoisotopic (exact) mass is 432 g/mol. The fourth-order valence-electron chi connectivity index (χ4n) is 2.74. The number of benzene rings is 2. The van der Waals surface area contributed by atoms with Crippen LogP contribution in [0.15, 0.2) is 70.7 Å². The topological polar surface area (TPSA) is 111 Å². The van der Waals surface area contributed by atoms with Crippen LogP contribution in [0.4, 0.5) is 5.69 Å². The molecule has 162 valence electrons. The van der Waals surface area contributed by atoms with Gasteiger partial charge in [0.1, 0.15) is 24.0 Å². The molecular weight excluding hydrogens is 412 g/mol. The van der Waals surface area contributed by atoms with Gasteiger partial charge in [-0.05, 0) is 48.0 Å². The maximum atomic E-state index is 12.4. The molecule has 3 aromatic rings. The predicted molar refractivity (Wildman–Crippen MR) is 116 cm³/mol. The number of carbonyl (C=O) groups excluding carboxylic acids is 2. The molecule has 0 aliphatic carbocycles. The van der Waals surface area contributed by atoms with Gasteiger partial charge in [0.25, 0.3) is 5.91 Å². The van der Waals surface area contributed by atoms with Crippen LogP contribution < -0.4 is 14.8 Å². The predicted octanol–water partition coefficient (Wildman–Crippen LogP) is 4.20. The Labute approximate surface area is 184 Å². The minimum atomic E-state index is -0.574. The number of nitrogens with one attached hydrogen (secondary N) is 1. The number of methoxy groups -OCH3 is 2. The Bertz CT molecular complexity index is 1170. The minimum absolute atomic E-state index is 0.0597. The molecule has 1 aromatic heterocycles. The highest BCUT2D eigenvalue weighted by Crippen LogP contribution is 2.30. The Morgan fingerprint density at radius 1 is 1.06 bits per heavy atom. The molecule has 32 heavy (non-hydrogen) atoms. The summed E-state index contributed by atoms with van der Waals surface area (Å²) in [7, 11) is 2.75. The largest absolute Gasteiger partial charge is 0.493 e. The maximum absolute atomic E-state index is 12.4. The average molecular weight is 432 g/mol. The number of hydrogen-bond donors (Lipinski definition) is 1. The van der Waals surface area contributed by atoms with Gasteiger partial charge >= 0.3 is 5.97 Å². The van der Waals surface area contributed by atoms with Crippen LogP contribution in [0.1, 0.15) is 21.9 Å². The number of esters is 1. The molecule has 2 aromatic carbocycles. The second-order valence-electron chi connectivity index (χ2n) is 6.45. The highest BCUT2D eigenvalue weighted by atomic mass is 16.5. The van der Waals surface area contributed by atoms with Gasteiger partial charge in [-0.3, -0.25) is 4.79 Å². The third kappa shape index (κ3) is 5.55. The van der Waals surface area contributed by atoms with Crippen LogP contribution >= 0.6 is 0 Å². The van der Waals surface area contributed by atoms with Crippen molar-refractivity contribution in [1.82, 2.24) is 0 Å². The highest BCUT2D eigenvalue weighted by molar-refractivity contribution is 6.09. The fraction of sp³-hybridized carbons (Fsp3) is 0.125. The van der Waals surface area contributed by atoms with Gasteiger partial charge in [0.2, 0.25) is 5.76 Å². The SMILES string of the molecule is COC(=O)c1ccc(COc2ccc(/C=C(\C#N)C(=O)Nc3ccccc3)cc2OC)o1. The first-order valence-electron chi connectivity index (χ1n) is 9.50. The molecule has 0 fully saturated rings. The summed E-state index contributed by atoms with van der Waals surface area (Å²) in [6, 6.07) is 18.9. The van der Waals surface area contributed by atoms with Gasteiger partial charge in [0, 0.05) is 5.69 Å². The Hall–Kier alpha value is -4.51. The van der Waals surface area contributed by atoms with Crippen molar-refractivity contribution in [3.63, 3.8) is 0 Å². The number of nitriles is 1. The van der Waals surface area contributed by atoms with E-state index >= 15 is 0 Å². The van der Waals surface area contributed by atoms with Crippen molar-refractivity contribution in [1.29, 1.82) is 5.26 Å². The number of carbonyl (C=O) groups is 2. The molecule has 0 atom stereocenters. The Balaban J connectivity index is 1.72. The lowest BCUT2D eigenvalue weighted by Gasteiger charge is -2.11. The van der Waals surface area contributed by atoms with Crippen LogP contribution in [-0.4, -0.2) is 26.1 Å². The number of nitrogens with zero attached hydrogens (tertiary/aromatic N) is 1. The van der Waals surface area contributed by atoms with Gasteiger partial charge in [-0.15, -0.1) is 0 Å². The first kappa shape index (κ1) is 22.2. The Morgan fingerprint density at radius 2 is 1.84 bits per heavy atom. The first-order valence-corrected chi connectivity index (χ1v) is 9.50. The summed E-state index contributed by atoms with van der Waals surface area (Å²) in [6.45, 7) is 0.0610. The fourth-order valence-corrected chi connectivity index (χ4v) is 2.74. The molecule has 8 nitrogen and oxygen atoms in total. The molecule has 3 rings (SSSR count). The summed E-state index contributed by atoms with van der Waals surface area (Å²) in [5.41, 5.74) is 1.11. The summed E-state index contributed by atoms with van der Waals surface area (Å²) in [6.07, 6.45) is 1.46. The van der Waals surface area contributed by atoms with E-state index in [4.69, 9.17) is 13.9 Å². The molecule has 0 radical (unpaired) electrons. The smallest absolute Gasteiger partial charge is 0.373 e. The number of hydrogen-bond acceptors (Lipinski definition) is 7. The van der Waals surface area contributed by atoms with Crippen molar-refractivity contribution in [3.8, 4) is 17.6 Å². The quantitative estimate of drug-likeness (QED) is 0.323. The lowest BCUT2D eigenvalue weighted by Crippen LogP contribution is -2.13. The number of ether oxygens (including phenoxy) is 3. The van der Waals surface area contributed by atoms with Gasteiger partial charge in [-0.25, -0.2) is 4.79 Å². The van der Waals surface area contributed by atoms with Crippen LogP contribution in [0.3, 0.4) is 0 Å². The van der Waals surface area contributed by atoms with E-state index in [2.05, 4.69) is 10.1 Å². The van der Waals surface area contributed by atoms with Gasteiger partial charge in [0.05, 0.1) is 14.2 Å². The summed E-state index contributed by atoms with van der Waals surface area (Å²) in [5.74, 6) is 0.246. The van der Waals surface area contributed by atoms with Gasteiger partial charge in [0.15, 0.2) is 11.5 Å². The zero-order valence-corrected chi connectivity index (χ0v) is 17.5. The molecule has 0 aliphatic heterocycles. The highest BCUT2D eigenvalue weighted by Gasteiger charge is 2.14. The molecule has 1 amide bonds. The third-order valence-corrected chi connectivity index (χ3v) is 4.31. The van der Waals surface area contributed by atoms with E-state index in [9.17, 15) is 14.9 Å². The van der Waals surface area contributed by atoms with Crippen LogP contribution in [0, 0.1) is 11.3 Å². The molecular formula is C24H20N2O6. The molecule has 0 unspecified atom stereocenters. The van der Waals surface area contributed by atoms with Crippen molar-refractivity contribution in [2.24, 2.45) is 0 Å². The van der Waals surface area contributed by atoms with Crippen molar-refractivity contribution >= 4 is 23.6 Å². The van der Waals surface area contributed by atoms with E-state index in [1.54, 1.807) is 48.5 Å². The van der Waals surface area contributed by atoms with E-state index < -0.39 is 11.9 Å². The number of furan rings is 1. The van der Waals surface area contributed by atoms with E-state index in [-0.39, 0.29) is 17.9 Å². The molecule has 1 heterocycles. The van der Waals surface area contributed by atoms with Crippen LogP contribution in [0.2, 0.25) is 0 Å². The molecule has 8 heteroatoms. The van der Waals surface area contributed by atoms with Crippen LogP contribution in [0.5, 0.6) is 11.5 Å². The minimum Gasteiger partial charge on any atom is -0.493 e. The molecule has 0 aliphatic rings. The van der Waals surface area contributed by atoms with E-state index in [0.717, 1.165) is 0 Å². The number of anilines is 1. The normalized spacial score (nSPS) is 10.7. The van der Waals surface area contributed by atoms with E-state index in [1.165, 1.54) is 26.4 Å². The summed E-state index contributed by atoms with van der Waals surface area (Å²) < 4.78 is 21.1. The summed E-state index contributed by atoms with van der Waals surface area (Å²) in [4.78, 5) is 23.9. The second kappa shape index (κ2) is 10.5. The van der Waals surface area contributed by atoms with E-state index in [0.29, 0.717) is 28.5 Å². The Kier molecular flexibility index (Phi) is 7.28. The Morgan fingerprint density at radius 3 is 2.53 bits per heavy atom. The third-order valence-electron chi connectivity index (χ3n) is 4.31. The van der Waals surface area contributed by atoms with E-state index in [1.807, 2.05) is 12.1 Å². The average Bonchev–Trinajstić information content (AvgIpc) is 3.30. The maximum Gasteiger partial charge on any atom is 0.373 e. The molecule has 0 spiro atoms. The molecule has 0 saturated carbocycles. The van der Waals surface area contributed by atoms with Gasteiger partial charge in [-0.2, -0.15) is 5.26 Å². The lowest BCUT2D eigenvalue weighted by molar-refractivity contribution is -0.112. The number of amides is 1. The standard InChI is InChI=1S/C24H20N2O6/c1-29-22-13-16(12-17(14-25)23(27)26-18-6-4-3-5-7-18)8-10-20(22)31-15-19-9-11-21(32-19)24(28)30-2/h3-13H,15H2,1-2H3,(H,26,27)/b17-12+. The first-order chi connectivity index (χ1) is 15.5. The van der Waals surface area contributed by atoms with Gasteiger partial charge < -0.3 is 23.9 Å². The van der Waals surface area contributed by atoms with Crippen molar-refractivity contribution in [2.75, 3.05) is 19.5 Å². The van der Waals surface area contributed by atoms with Crippen LogP contribution in [0.25, 0.3) is 6.08 Å². The lowest BCUT2D eigenvalue weighted by atomic mass is 10.1. The van der Waals surface area contributed by atoms with Crippen molar-refractivity contribution in [3.05, 3.63) is 83.3 Å². The number of rotatable bonds is 8. The van der Waals surface area contributed by atoms with Crippen molar-refractivity contribution in [2.45, 2.75) is 6.61 Å². The zero-order valence-electron chi connectivity index (χ0n) is 17.5. The molecule has 0 bridgehead atoms. The number of para-hydroxylation sites is 1. The van der Waals surface area contributed by atoms with Crippen molar-refractivity contribution < 1.29 is 28.2 Å². The second-order valence-corrected chi connectivity index (χ2v) is 6.45. The zero-order chi connectivity index (χ0) is 22.9. The van der Waals surface area contributed by atoms with Crippen LogP contribution in [-0.2, 0) is 16.1 Å². The summed E-state index contributed by atoms with van der Waals surface area (Å²) in [5, 5.41) is 12.1. The summed E-state index contributed by atoms with van der Waals surface area (Å²) >= 11 is 0. The molecule has 0 saturated heterocycles. The molecule has 1 N–H and O–H groups in total. The van der Waals surface area contributed by atoms with Gasteiger partial charge in [-0.1, -0.05) is 24.3 Å².